The molecular weight excluding hydrogens is 302 g/mol. The zero-order valence-corrected chi connectivity index (χ0v) is 14.4. The van der Waals surface area contributed by atoms with Crippen molar-refractivity contribution in [2.75, 3.05) is 26.2 Å². The minimum atomic E-state index is 0.00107. The van der Waals surface area contributed by atoms with Crippen LogP contribution in [0.15, 0.2) is 30.3 Å². The first kappa shape index (κ1) is 16.8. The topological polar surface area (TPSA) is 52.7 Å². The second-order valence-corrected chi connectivity index (χ2v) is 6.88. The molecule has 1 aromatic rings. The minimum absolute atomic E-state index is 0.00107. The van der Waals surface area contributed by atoms with Crippen molar-refractivity contribution < 1.29 is 9.59 Å². The molecule has 5 heteroatoms. The van der Waals surface area contributed by atoms with Crippen LogP contribution in [0.2, 0.25) is 0 Å². The van der Waals surface area contributed by atoms with E-state index in [1.165, 1.54) is 24.8 Å². The van der Waals surface area contributed by atoms with Gasteiger partial charge in [-0.1, -0.05) is 36.8 Å². The average Bonchev–Trinajstić information content (AvgIpc) is 2.79. The Labute approximate surface area is 144 Å². The van der Waals surface area contributed by atoms with Gasteiger partial charge in [0, 0.05) is 33.1 Å². The summed E-state index contributed by atoms with van der Waals surface area (Å²) in [7, 11) is 0. The normalized spacial score (nSPS) is 20.0. The first-order chi connectivity index (χ1) is 11.6. The number of carbonyl (C=O) groups is 2. The molecule has 2 aliphatic rings. The van der Waals surface area contributed by atoms with Gasteiger partial charge < -0.3 is 15.1 Å². The Bertz CT molecular complexity index is 571. The lowest BCUT2D eigenvalue weighted by Gasteiger charge is -2.36. The van der Waals surface area contributed by atoms with Crippen LogP contribution in [0.1, 0.15) is 44.2 Å². The van der Waals surface area contributed by atoms with Crippen molar-refractivity contribution in [2.45, 2.75) is 38.6 Å². The van der Waals surface area contributed by atoms with Gasteiger partial charge in [0.1, 0.15) is 0 Å². The van der Waals surface area contributed by atoms with Gasteiger partial charge in [0.15, 0.2) is 0 Å². The molecule has 2 fully saturated rings. The highest BCUT2D eigenvalue weighted by atomic mass is 16.2. The number of hydrogen-bond acceptors (Lipinski definition) is 2. The second-order valence-electron chi connectivity index (χ2n) is 6.88. The quantitative estimate of drug-likeness (QED) is 0.927. The maximum Gasteiger partial charge on any atom is 0.317 e. The number of amides is 3. The van der Waals surface area contributed by atoms with Gasteiger partial charge in [-0.3, -0.25) is 4.79 Å². The Morgan fingerprint density at radius 3 is 2.29 bits per heavy atom. The van der Waals surface area contributed by atoms with E-state index in [0.717, 1.165) is 13.0 Å². The Hall–Kier alpha value is -2.04. The third-order valence-corrected chi connectivity index (χ3v) is 5.29. The SMILES string of the molecule is CC(=O)N1CCCN(C(=O)N[C@H](c2ccccc2)C2CCC2)CC1. The fraction of sp³-hybridized carbons (Fsp3) is 0.579. The van der Waals surface area contributed by atoms with E-state index in [4.69, 9.17) is 0 Å². The number of benzene rings is 1. The molecule has 3 amide bonds. The number of hydrogen-bond donors (Lipinski definition) is 1. The van der Waals surface area contributed by atoms with Crippen molar-refractivity contribution >= 4 is 11.9 Å². The first-order valence-electron chi connectivity index (χ1n) is 9.01. The minimum Gasteiger partial charge on any atom is -0.341 e. The summed E-state index contributed by atoms with van der Waals surface area (Å²) in [5.74, 6) is 0.630. The van der Waals surface area contributed by atoms with Crippen LogP contribution in [0.25, 0.3) is 0 Å². The molecular formula is C19H27N3O2. The molecule has 1 saturated carbocycles. The van der Waals surface area contributed by atoms with Gasteiger partial charge in [-0.25, -0.2) is 4.79 Å². The molecule has 0 radical (unpaired) electrons. The molecule has 1 saturated heterocycles. The van der Waals surface area contributed by atoms with Crippen LogP contribution in [0.3, 0.4) is 0 Å². The molecule has 1 aliphatic heterocycles. The van der Waals surface area contributed by atoms with Crippen molar-refractivity contribution in [3.05, 3.63) is 35.9 Å². The lowest BCUT2D eigenvalue weighted by Crippen LogP contribution is -2.46. The Morgan fingerprint density at radius 1 is 1.00 bits per heavy atom. The molecule has 0 unspecified atom stereocenters. The van der Waals surface area contributed by atoms with Gasteiger partial charge in [-0.15, -0.1) is 0 Å². The van der Waals surface area contributed by atoms with E-state index < -0.39 is 0 Å². The van der Waals surface area contributed by atoms with Crippen molar-refractivity contribution in [3.8, 4) is 0 Å². The van der Waals surface area contributed by atoms with Crippen molar-refractivity contribution in [2.24, 2.45) is 5.92 Å². The summed E-state index contributed by atoms with van der Waals surface area (Å²) in [4.78, 5) is 28.0. The lowest BCUT2D eigenvalue weighted by atomic mass is 9.77. The molecule has 24 heavy (non-hydrogen) atoms. The van der Waals surface area contributed by atoms with Crippen LogP contribution in [0.5, 0.6) is 0 Å². The number of nitrogens with one attached hydrogen (secondary N) is 1. The first-order valence-corrected chi connectivity index (χ1v) is 9.01. The van der Waals surface area contributed by atoms with Crippen LogP contribution in [0.4, 0.5) is 4.79 Å². The Balaban J connectivity index is 1.64. The number of nitrogens with zero attached hydrogens (tertiary/aromatic N) is 2. The highest BCUT2D eigenvalue weighted by Gasteiger charge is 2.31. The molecule has 1 aliphatic carbocycles. The van der Waals surface area contributed by atoms with Crippen LogP contribution in [-0.4, -0.2) is 47.9 Å². The summed E-state index contributed by atoms with van der Waals surface area (Å²) in [5.41, 5.74) is 1.19. The van der Waals surface area contributed by atoms with Crippen LogP contribution >= 0.6 is 0 Å². The van der Waals surface area contributed by atoms with Gasteiger partial charge in [0.05, 0.1) is 6.04 Å². The number of carbonyl (C=O) groups excluding carboxylic acids is 2. The zero-order valence-electron chi connectivity index (χ0n) is 14.4. The third kappa shape index (κ3) is 3.89. The summed E-state index contributed by atoms with van der Waals surface area (Å²) in [6, 6.07) is 10.4. The lowest BCUT2D eigenvalue weighted by molar-refractivity contribution is -0.128. The van der Waals surface area contributed by atoms with E-state index >= 15 is 0 Å². The maximum atomic E-state index is 12.8. The van der Waals surface area contributed by atoms with Crippen LogP contribution in [-0.2, 0) is 4.79 Å². The van der Waals surface area contributed by atoms with E-state index in [2.05, 4.69) is 17.4 Å². The zero-order chi connectivity index (χ0) is 16.9. The largest absolute Gasteiger partial charge is 0.341 e. The summed E-state index contributed by atoms with van der Waals surface area (Å²) in [5, 5.41) is 3.26. The summed E-state index contributed by atoms with van der Waals surface area (Å²) >= 11 is 0. The van der Waals surface area contributed by atoms with E-state index in [1.54, 1.807) is 6.92 Å². The Morgan fingerprint density at radius 2 is 1.67 bits per heavy atom. The second kappa shape index (κ2) is 7.69. The maximum absolute atomic E-state index is 12.8. The highest BCUT2D eigenvalue weighted by molar-refractivity contribution is 5.76. The van der Waals surface area contributed by atoms with Gasteiger partial charge in [0.2, 0.25) is 5.91 Å². The van der Waals surface area contributed by atoms with Gasteiger partial charge >= 0.3 is 6.03 Å². The van der Waals surface area contributed by atoms with E-state index in [0.29, 0.717) is 25.6 Å². The van der Waals surface area contributed by atoms with E-state index in [9.17, 15) is 9.59 Å². The predicted octanol–water partition coefficient (Wildman–Crippen LogP) is 2.79. The molecule has 1 aromatic carbocycles. The molecule has 1 heterocycles. The standard InChI is InChI=1S/C19H27N3O2/c1-15(23)21-11-6-12-22(14-13-21)19(24)20-18(17-9-5-10-17)16-7-3-2-4-8-16/h2-4,7-8,17-18H,5-6,9-14H2,1H3,(H,20,24)/t18-/m1/s1. The predicted molar refractivity (Wildman–Crippen MR) is 93.5 cm³/mol. The smallest absolute Gasteiger partial charge is 0.317 e. The van der Waals surface area contributed by atoms with E-state index in [-0.39, 0.29) is 18.0 Å². The van der Waals surface area contributed by atoms with Crippen molar-refractivity contribution in [3.63, 3.8) is 0 Å². The summed E-state index contributed by atoms with van der Waals surface area (Å²) < 4.78 is 0. The average molecular weight is 329 g/mol. The fourth-order valence-corrected chi connectivity index (χ4v) is 3.57. The van der Waals surface area contributed by atoms with Gasteiger partial charge in [-0.2, -0.15) is 0 Å². The molecule has 1 N–H and O–H groups in total. The third-order valence-electron chi connectivity index (χ3n) is 5.29. The molecule has 0 spiro atoms. The molecule has 130 valence electrons. The van der Waals surface area contributed by atoms with Gasteiger partial charge in [0.25, 0.3) is 0 Å². The summed E-state index contributed by atoms with van der Waals surface area (Å²) in [6.45, 7) is 4.28. The molecule has 0 aromatic heterocycles. The number of urea groups is 1. The highest BCUT2D eigenvalue weighted by Crippen LogP contribution is 2.37. The number of rotatable bonds is 3. The summed E-state index contributed by atoms with van der Waals surface area (Å²) in [6.07, 6.45) is 4.45. The molecule has 1 atom stereocenters. The van der Waals surface area contributed by atoms with Crippen molar-refractivity contribution in [1.29, 1.82) is 0 Å². The van der Waals surface area contributed by atoms with Crippen molar-refractivity contribution in [1.82, 2.24) is 15.1 Å². The Kier molecular flexibility index (Phi) is 5.38. The van der Waals surface area contributed by atoms with E-state index in [1.807, 2.05) is 28.0 Å². The molecule has 5 nitrogen and oxygen atoms in total. The van der Waals surface area contributed by atoms with Crippen LogP contribution in [0, 0.1) is 5.92 Å². The monoisotopic (exact) mass is 329 g/mol. The van der Waals surface area contributed by atoms with Gasteiger partial charge in [-0.05, 0) is 30.7 Å². The fourth-order valence-electron chi connectivity index (χ4n) is 3.57. The van der Waals surface area contributed by atoms with Crippen LogP contribution < -0.4 is 5.32 Å². The molecule has 3 rings (SSSR count). The molecule has 0 bridgehead atoms.